The summed E-state index contributed by atoms with van der Waals surface area (Å²) in [6, 6.07) is 12.1. The monoisotopic (exact) mass is 354 g/mol. The Labute approximate surface area is 119 Å². The summed E-state index contributed by atoms with van der Waals surface area (Å²) < 4.78 is 13.6. The largest absolute Gasteiger partial charge is 0.294 e. The van der Waals surface area contributed by atoms with E-state index in [-0.39, 0.29) is 11.6 Å². The Morgan fingerprint density at radius 2 is 1.94 bits per heavy atom. The van der Waals surface area contributed by atoms with Crippen LogP contribution in [-0.4, -0.2) is 5.78 Å². The lowest BCUT2D eigenvalue weighted by molar-refractivity contribution is 0.0992. The van der Waals surface area contributed by atoms with Crippen LogP contribution in [0.2, 0.25) is 0 Å². The molecular weight excluding hydrogens is 342 g/mol. The van der Waals surface area contributed by atoms with Crippen LogP contribution >= 0.6 is 22.6 Å². The maximum Gasteiger partial charge on any atom is 0.168 e. The molecule has 0 radical (unpaired) electrons. The molecule has 0 atom stereocenters. The number of rotatable bonds is 3. The number of carbonyl (C=O) groups excluding carboxylic acids is 1. The molecule has 3 heteroatoms. The van der Waals surface area contributed by atoms with Crippen molar-refractivity contribution in [3.05, 3.63) is 68.5 Å². The van der Waals surface area contributed by atoms with E-state index in [1.807, 2.05) is 53.8 Å². The zero-order valence-electron chi connectivity index (χ0n) is 9.91. The van der Waals surface area contributed by atoms with Gasteiger partial charge in [0.2, 0.25) is 0 Å². The van der Waals surface area contributed by atoms with E-state index in [0.717, 1.165) is 11.1 Å². The summed E-state index contributed by atoms with van der Waals surface area (Å²) in [6.07, 6.45) is 0.355. The summed E-state index contributed by atoms with van der Waals surface area (Å²) >= 11 is 1.99. The number of hydrogen-bond donors (Lipinski definition) is 0. The highest BCUT2D eigenvalue weighted by Crippen LogP contribution is 2.17. The van der Waals surface area contributed by atoms with Crippen molar-refractivity contribution in [1.29, 1.82) is 0 Å². The Bertz CT molecular complexity index is 593. The maximum absolute atomic E-state index is 13.0. The third-order valence-electron chi connectivity index (χ3n) is 2.84. The molecule has 18 heavy (non-hydrogen) atoms. The summed E-state index contributed by atoms with van der Waals surface area (Å²) in [6.45, 7) is 1.98. The number of aryl methyl sites for hydroxylation is 1. The van der Waals surface area contributed by atoms with Crippen LogP contribution in [0.15, 0.2) is 42.5 Å². The molecule has 2 aromatic carbocycles. The van der Waals surface area contributed by atoms with E-state index in [1.165, 1.54) is 12.1 Å². The standard InChI is InChI=1S/C15H12FIO/c1-10-4-2-3-5-11(10)8-15(18)13-7-6-12(16)9-14(13)17/h2-7,9H,8H2,1H3. The third kappa shape index (κ3) is 2.96. The van der Waals surface area contributed by atoms with Gasteiger partial charge in [-0.1, -0.05) is 24.3 Å². The van der Waals surface area contributed by atoms with Crippen LogP contribution in [0.3, 0.4) is 0 Å². The van der Waals surface area contributed by atoms with Crippen molar-refractivity contribution >= 4 is 28.4 Å². The molecule has 0 aromatic heterocycles. The molecule has 0 unspecified atom stereocenters. The Hall–Kier alpha value is -1.23. The maximum atomic E-state index is 13.0. The smallest absolute Gasteiger partial charge is 0.168 e. The van der Waals surface area contributed by atoms with Crippen LogP contribution in [0.1, 0.15) is 21.5 Å². The van der Waals surface area contributed by atoms with Gasteiger partial charge in [0.25, 0.3) is 0 Å². The molecule has 0 amide bonds. The van der Waals surface area contributed by atoms with Crippen LogP contribution in [0.25, 0.3) is 0 Å². The first kappa shape index (κ1) is 13.2. The summed E-state index contributed by atoms with van der Waals surface area (Å²) in [5, 5.41) is 0. The fraction of sp³-hybridized carbons (Fsp3) is 0.133. The highest BCUT2D eigenvalue weighted by molar-refractivity contribution is 14.1. The first-order valence-electron chi connectivity index (χ1n) is 5.60. The molecule has 0 heterocycles. The van der Waals surface area contributed by atoms with E-state index >= 15 is 0 Å². The third-order valence-corrected chi connectivity index (χ3v) is 3.74. The second-order valence-corrected chi connectivity index (χ2v) is 5.31. The van der Waals surface area contributed by atoms with Crippen molar-refractivity contribution in [2.75, 3.05) is 0 Å². The molecule has 0 spiro atoms. The molecule has 0 aliphatic heterocycles. The molecule has 0 aliphatic rings. The van der Waals surface area contributed by atoms with Crippen molar-refractivity contribution in [2.24, 2.45) is 0 Å². The van der Waals surface area contributed by atoms with E-state index < -0.39 is 0 Å². The average Bonchev–Trinajstić information content (AvgIpc) is 2.32. The first-order chi connectivity index (χ1) is 8.58. The van der Waals surface area contributed by atoms with E-state index in [1.54, 1.807) is 6.07 Å². The number of benzene rings is 2. The minimum absolute atomic E-state index is 0.0219. The summed E-state index contributed by atoms with van der Waals surface area (Å²) in [5.74, 6) is -0.291. The molecule has 0 N–H and O–H groups in total. The van der Waals surface area contributed by atoms with Gasteiger partial charge in [-0.25, -0.2) is 4.39 Å². The van der Waals surface area contributed by atoms with Crippen LogP contribution in [0.4, 0.5) is 4.39 Å². The molecule has 0 fully saturated rings. The summed E-state index contributed by atoms with van der Waals surface area (Å²) in [7, 11) is 0. The number of carbonyl (C=O) groups is 1. The number of ketones is 1. The first-order valence-corrected chi connectivity index (χ1v) is 6.68. The fourth-order valence-corrected chi connectivity index (χ4v) is 2.57. The predicted molar refractivity (Wildman–Crippen MR) is 78.3 cm³/mol. The van der Waals surface area contributed by atoms with Crippen LogP contribution in [0, 0.1) is 16.3 Å². The number of hydrogen-bond acceptors (Lipinski definition) is 1. The van der Waals surface area contributed by atoms with Gasteiger partial charge in [-0.2, -0.15) is 0 Å². The van der Waals surface area contributed by atoms with Gasteiger partial charge in [0.05, 0.1) is 0 Å². The van der Waals surface area contributed by atoms with Crippen LogP contribution in [-0.2, 0) is 6.42 Å². The highest BCUT2D eigenvalue weighted by Gasteiger charge is 2.12. The average molecular weight is 354 g/mol. The quantitative estimate of drug-likeness (QED) is 0.598. The molecule has 0 saturated carbocycles. The van der Waals surface area contributed by atoms with Gasteiger partial charge in [0.15, 0.2) is 5.78 Å². The van der Waals surface area contributed by atoms with Gasteiger partial charge in [-0.3, -0.25) is 4.79 Å². The Kier molecular flexibility index (Phi) is 4.11. The second-order valence-electron chi connectivity index (χ2n) is 4.15. The molecule has 0 bridgehead atoms. The topological polar surface area (TPSA) is 17.1 Å². The van der Waals surface area contributed by atoms with Gasteiger partial charge >= 0.3 is 0 Å². The van der Waals surface area contributed by atoms with E-state index in [2.05, 4.69) is 0 Å². The summed E-state index contributed by atoms with van der Waals surface area (Å²) in [4.78, 5) is 12.2. The number of halogens is 2. The van der Waals surface area contributed by atoms with E-state index in [0.29, 0.717) is 15.6 Å². The Morgan fingerprint density at radius 3 is 2.61 bits per heavy atom. The molecule has 0 saturated heterocycles. The lowest BCUT2D eigenvalue weighted by atomic mass is 9.99. The van der Waals surface area contributed by atoms with Crippen LogP contribution in [0.5, 0.6) is 0 Å². The van der Waals surface area contributed by atoms with Crippen molar-refractivity contribution in [3.63, 3.8) is 0 Å². The van der Waals surface area contributed by atoms with Gasteiger partial charge in [-0.05, 0) is 58.8 Å². The minimum atomic E-state index is -0.313. The van der Waals surface area contributed by atoms with Crippen LogP contribution < -0.4 is 0 Å². The highest BCUT2D eigenvalue weighted by atomic mass is 127. The summed E-state index contributed by atoms with van der Waals surface area (Å²) in [5.41, 5.74) is 2.70. The predicted octanol–water partition coefficient (Wildman–Crippen LogP) is 4.16. The minimum Gasteiger partial charge on any atom is -0.294 e. The molecular formula is C15H12FIO. The lowest BCUT2D eigenvalue weighted by Gasteiger charge is -2.06. The van der Waals surface area contributed by atoms with E-state index in [4.69, 9.17) is 0 Å². The van der Waals surface area contributed by atoms with Crippen molar-refractivity contribution < 1.29 is 9.18 Å². The van der Waals surface area contributed by atoms with Gasteiger partial charge in [0, 0.05) is 15.6 Å². The normalized spacial score (nSPS) is 10.4. The SMILES string of the molecule is Cc1ccccc1CC(=O)c1ccc(F)cc1I. The zero-order chi connectivity index (χ0) is 13.1. The Balaban J connectivity index is 2.25. The van der Waals surface area contributed by atoms with Crippen molar-refractivity contribution in [1.82, 2.24) is 0 Å². The molecule has 92 valence electrons. The molecule has 2 rings (SSSR count). The Morgan fingerprint density at radius 1 is 1.22 bits per heavy atom. The van der Waals surface area contributed by atoms with Gasteiger partial charge in [0.1, 0.15) is 5.82 Å². The molecule has 0 aliphatic carbocycles. The van der Waals surface area contributed by atoms with Gasteiger partial charge in [-0.15, -0.1) is 0 Å². The fourth-order valence-electron chi connectivity index (χ4n) is 1.79. The van der Waals surface area contributed by atoms with Crippen molar-refractivity contribution in [3.8, 4) is 0 Å². The molecule has 2 aromatic rings. The van der Waals surface area contributed by atoms with Crippen molar-refractivity contribution in [2.45, 2.75) is 13.3 Å². The number of Topliss-reactive ketones (excluding diaryl/α,β-unsaturated/α-hetero) is 1. The molecule has 1 nitrogen and oxygen atoms in total. The van der Waals surface area contributed by atoms with E-state index in [9.17, 15) is 9.18 Å². The van der Waals surface area contributed by atoms with Gasteiger partial charge < -0.3 is 0 Å². The second kappa shape index (κ2) is 5.61. The lowest BCUT2D eigenvalue weighted by Crippen LogP contribution is -2.07. The zero-order valence-corrected chi connectivity index (χ0v) is 12.1.